The first-order valence-corrected chi connectivity index (χ1v) is 5.69. The fourth-order valence-electron chi connectivity index (χ4n) is 2.58. The summed E-state index contributed by atoms with van der Waals surface area (Å²) in [6, 6.07) is 2.08. The van der Waals surface area contributed by atoms with Gasteiger partial charge >= 0.3 is 0 Å². The molecule has 3 nitrogen and oxygen atoms in total. The molecule has 1 fully saturated rings. The van der Waals surface area contributed by atoms with Crippen molar-refractivity contribution in [1.82, 2.24) is 10.1 Å². The molecule has 0 amide bonds. The quantitative estimate of drug-likeness (QED) is 0.746. The van der Waals surface area contributed by atoms with Gasteiger partial charge in [0.15, 0.2) is 0 Å². The van der Waals surface area contributed by atoms with Crippen molar-refractivity contribution >= 4 is 0 Å². The molecule has 1 aromatic heterocycles. The molecule has 0 spiro atoms. The van der Waals surface area contributed by atoms with Crippen molar-refractivity contribution in [2.75, 3.05) is 20.1 Å². The van der Waals surface area contributed by atoms with Gasteiger partial charge in [-0.2, -0.15) is 0 Å². The Kier molecular flexibility index (Phi) is 2.83. The van der Waals surface area contributed by atoms with Gasteiger partial charge < -0.3 is 9.42 Å². The molecule has 1 saturated heterocycles. The van der Waals surface area contributed by atoms with Crippen molar-refractivity contribution < 1.29 is 4.52 Å². The second-order valence-electron chi connectivity index (χ2n) is 5.10. The zero-order chi connectivity index (χ0) is 11.0. The molecule has 0 radical (unpaired) electrons. The molecule has 1 aromatic rings. The highest BCUT2D eigenvalue weighted by Crippen LogP contribution is 2.35. The maximum absolute atomic E-state index is 5.17. The molecule has 0 aliphatic carbocycles. The van der Waals surface area contributed by atoms with E-state index in [2.05, 4.69) is 37.0 Å². The van der Waals surface area contributed by atoms with Crippen molar-refractivity contribution in [3.8, 4) is 0 Å². The van der Waals surface area contributed by atoms with Crippen molar-refractivity contribution in [2.45, 2.75) is 26.7 Å². The van der Waals surface area contributed by atoms with Gasteiger partial charge in [0.05, 0.1) is 5.69 Å². The second kappa shape index (κ2) is 3.97. The minimum absolute atomic E-state index is 0.549. The Balaban J connectivity index is 2.20. The van der Waals surface area contributed by atoms with E-state index < -0.39 is 0 Å². The van der Waals surface area contributed by atoms with E-state index >= 15 is 0 Å². The lowest BCUT2D eigenvalue weighted by molar-refractivity contribution is 0.335. The number of nitrogens with zero attached hydrogens (tertiary/aromatic N) is 2. The summed E-state index contributed by atoms with van der Waals surface area (Å²) in [5.41, 5.74) is 1.13. The largest absolute Gasteiger partial charge is 0.361 e. The Bertz CT molecular complexity index is 332. The number of likely N-dealkylation sites (tertiary alicyclic amines) is 1. The van der Waals surface area contributed by atoms with Gasteiger partial charge in [0.2, 0.25) is 0 Å². The highest BCUT2D eigenvalue weighted by atomic mass is 16.5. The average molecular weight is 208 g/mol. The van der Waals surface area contributed by atoms with E-state index in [-0.39, 0.29) is 0 Å². The van der Waals surface area contributed by atoms with E-state index in [1.165, 1.54) is 6.54 Å². The first-order valence-electron chi connectivity index (χ1n) is 5.69. The standard InChI is InChI=1S/C12H20N2O/c1-8(2)10-6-14(4)7-11(10)12-5-9(3)15-13-12/h5,8,10-11H,6-7H2,1-4H3. The average Bonchev–Trinajstić information content (AvgIpc) is 2.71. The van der Waals surface area contributed by atoms with Crippen molar-refractivity contribution in [3.63, 3.8) is 0 Å². The molecule has 0 bridgehead atoms. The predicted octanol–water partition coefficient (Wildman–Crippen LogP) is 2.28. The van der Waals surface area contributed by atoms with Crippen molar-refractivity contribution in [2.24, 2.45) is 11.8 Å². The van der Waals surface area contributed by atoms with Crippen LogP contribution >= 0.6 is 0 Å². The summed E-state index contributed by atoms with van der Waals surface area (Å²) in [4.78, 5) is 2.39. The van der Waals surface area contributed by atoms with Crippen LogP contribution in [0.4, 0.5) is 0 Å². The number of likely N-dealkylation sites (N-methyl/N-ethyl adjacent to an activating group) is 1. The van der Waals surface area contributed by atoms with Gasteiger partial charge in [0.25, 0.3) is 0 Å². The Hall–Kier alpha value is -0.830. The number of hydrogen-bond acceptors (Lipinski definition) is 3. The lowest BCUT2D eigenvalue weighted by Crippen LogP contribution is -2.17. The summed E-state index contributed by atoms with van der Waals surface area (Å²) in [7, 11) is 2.18. The molecule has 0 saturated carbocycles. The van der Waals surface area contributed by atoms with E-state index in [4.69, 9.17) is 4.52 Å². The van der Waals surface area contributed by atoms with E-state index in [9.17, 15) is 0 Å². The molecule has 0 aromatic carbocycles. The molecular formula is C12H20N2O. The van der Waals surface area contributed by atoms with E-state index in [0.29, 0.717) is 17.8 Å². The third kappa shape index (κ3) is 2.07. The predicted molar refractivity (Wildman–Crippen MR) is 59.8 cm³/mol. The zero-order valence-corrected chi connectivity index (χ0v) is 10.0. The molecule has 1 aliphatic heterocycles. The van der Waals surface area contributed by atoms with Crippen LogP contribution in [-0.2, 0) is 0 Å². The van der Waals surface area contributed by atoms with Crippen LogP contribution in [0.3, 0.4) is 0 Å². The van der Waals surface area contributed by atoms with Crippen LogP contribution in [0.2, 0.25) is 0 Å². The molecule has 0 N–H and O–H groups in total. The normalized spacial score (nSPS) is 27.8. The lowest BCUT2D eigenvalue weighted by Gasteiger charge is -2.19. The van der Waals surface area contributed by atoms with E-state index in [1.54, 1.807) is 0 Å². The van der Waals surface area contributed by atoms with Crippen LogP contribution in [0.5, 0.6) is 0 Å². The smallest absolute Gasteiger partial charge is 0.133 e. The topological polar surface area (TPSA) is 29.3 Å². The maximum Gasteiger partial charge on any atom is 0.133 e. The molecule has 2 heterocycles. The van der Waals surface area contributed by atoms with Crippen LogP contribution in [-0.4, -0.2) is 30.2 Å². The summed E-state index contributed by atoms with van der Waals surface area (Å²) in [5.74, 6) is 2.88. The number of rotatable bonds is 2. The minimum Gasteiger partial charge on any atom is -0.361 e. The summed E-state index contributed by atoms with van der Waals surface area (Å²) in [5, 5.41) is 4.16. The first kappa shape index (κ1) is 10.7. The fraction of sp³-hybridized carbons (Fsp3) is 0.750. The summed E-state index contributed by atoms with van der Waals surface area (Å²) >= 11 is 0. The van der Waals surface area contributed by atoms with Gasteiger partial charge in [-0.3, -0.25) is 0 Å². The highest BCUT2D eigenvalue weighted by Gasteiger charge is 2.35. The summed E-state index contributed by atoms with van der Waals surface area (Å²) in [6.07, 6.45) is 0. The van der Waals surface area contributed by atoms with Gasteiger partial charge in [0.1, 0.15) is 5.76 Å². The minimum atomic E-state index is 0.549. The molecular weight excluding hydrogens is 188 g/mol. The van der Waals surface area contributed by atoms with Crippen LogP contribution < -0.4 is 0 Å². The molecule has 2 rings (SSSR count). The number of hydrogen-bond donors (Lipinski definition) is 0. The summed E-state index contributed by atoms with van der Waals surface area (Å²) in [6.45, 7) is 8.83. The van der Waals surface area contributed by atoms with Gasteiger partial charge in [-0.25, -0.2) is 0 Å². The Labute approximate surface area is 91.4 Å². The van der Waals surface area contributed by atoms with Gasteiger partial charge in [-0.15, -0.1) is 0 Å². The third-order valence-electron chi connectivity index (χ3n) is 3.43. The van der Waals surface area contributed by atoms with Crippen LogP contribution in [0, 0.1) is 18.8 Å². The van der Waals surface area contributed by atoms with Crippen molar-refractivity contribution in [1.29, 1.82) is 0 Å². The van der Waals surface area contributed by atoms with Crippen LogP contribution in [0.25, 0.3) is 0 Å². The number of aryl methyl sites for hydroxylation is 1. The Morgan fingerprint density at radius 2 is 2.20 bits per heavy atom. The zero-order valence-electron chi connectivity index (χ0n) is 10.0. The first-order chi connectivity index (χ1) is 7.08. The highest BCUT2D eigenvalue weighted by molar-refractivity contribution is 5.14. The van der Waals surface area contributed by atoms with Gasteiger partial charge in [-0.05, 0) is 25.8 Å². The van der Waals surface area contributed by atoms with Gasteiger partial charge in [-0.1, -0.05) is 19.0 Å². The van der Waals surface area contributed by atoms with Crippen molar-refractivity contribution in [3.05, 3.63) is 17.5 Å². The lowest BCUT2D eigenvalue weighted by atomic mass is 9.84. The molecule has 2 atom stereocenters. The van der Waals surface area contributed by atoms with Crippen LogP contribution in [0.1, 0.15) is 31.2 Å². The third-order valence-corrected chi connectivity index (χ3v) is 3.43. The molecule has 3 heteroatoms. The SMILES string of the molecule is Cc1cc(C2CN(C)CC2C(C)C)no1. The van der Waals surface area contributed by atoms with Crippen LogP contribution in [0.15, 0.2) is 10.6 Å². The maximum atomic E-state index is 5.17. The monoisotopic (exact) mass is 208 g/mol. The molecule has 84 valence electrons. The number of aromatic nitrogens is 1. The molecule has 15 heavy (non-hydrogen) atoms. The Morgan fingerprint density at radius 3 is 2.73 bits per heavy atom. The van der Waals surface area contributed by atoms with E-state index in [1.807, 2.05) is 6.92 Å². The second-order valence-corrected chi connectivity index (χ2v) is 5.10. The fourth-order valence-corrected chi connectivity index (χ4v) is 2.58. The van der Waals surface area contributed by atoms with Gasteiger partial charge in [0, 0.05) is 25.1 Å². The molecule has 2 unspecified atom stereocenters. The Morgan fingerprint density at radius 1 is 1.47 bits per heavy atom. The summed E-state index contributed by atoms with van der Waals surface area (Å²) < 4.78 is 5.17. The molecule has 1 aliphatic rings. The van der Waals surface area contributed by atoms with E-state index in [0.717, 1.165) is 18.0 Å².